The number of anilines is 1. The molecule has 20 heavy (non-hydrogen) atoms. The Kier molecular flexibility index (Phi) is 4.30. The second-order valence-electron chi connectivity index (χ2n) is 5.41. The normalized spacial score (nSPS) is 22.9. The first-order chi connectivity index (χ1) is 9.23. The quantitative estimate of drug-likeness (QED) is 0.762. The minimum atomic E-state index is -4.41. The SMILES string of the molecule is CC1(C)CN(c2ncccc2C(F)(F)F)CC(CBr)O1. The van der Waals surface area contributed by atoms with Crippen LogP contribution in [0.15, 0.2) is 18.3 Å². The van der Waals surface area contributed by atoms with E-state index in [2.05, 4.69) is 20.9 Å². The maximum absolute atomic E-state index is 13.1. The summed E-state index contributed by atoms with van der Waals surface area (Å²) < 4.78 is 45.0. The van der Waals surface area contributed by atoms with Gasteiger partial charge in [0.25, 0.3) is 0 Å². The second kappa shape index (κ2) is 5.52. The van der Waals surface area contributed by atoms with Gasteiger partial charge in [-0.25, -0.2) is 4.98 Å². The van der Waals surface area contributed by atoms with Gasteiger partial charge in [0, 0.05) is 24.6 Å². The Balaban J connectivity index is 2.36. The Morgan fingerprint density at radius 2 is 2.20 bits per heavy atom. The van der Waals surface area contributed by atoms with Crippen molar-refractivity contribution < 1.29 is 17.9 Å². The molecular weight excluding hydrogens is 337 g/mol. The zero-order chi connectivity index (χ0) is 15.0. The fraction of sp³-hybridized carbons (Fsp3) is 0.615. The molecule has 0 radical (unpaired) electrons. The number of alkyl halides is 4. The van der Waals surface area contributed by atoms with Crippen LogP contribution in [0.1, 0.15) is 19.4 Å². The number of morpholine rings is 1. The predicted octanol–water partition coefficient (Wildman–Crippen LogP) is 3.48. The van der Waals surface area contributed by atoms with Crippen LogP contribution in [0, 0.1) is 0 Å². The number of halogens is 4. The third-order valence-electron chi connectivity index (χ3n) is 3.05. The molecule has 0 spiro atoms. The van der Waals surface area contributed by atoms with E-state index in [1.807, 2.05) is 13.8 Å². The van der Waals surface area contributed by atoms with Crippen LogP contribution in [0.4, 0.5) is 19.0 Å². The molecule has 7 heteroatoms. The summed E-state index contributed by atoms with van der Waals surface area (Å²) in [7, 11) is 0. The molecule has 0 aliphatic carbocycles. The van der Waals surface area contributed by atoms with E-state index in [1.54, 1.807) is 4.90 Å². The van der Waals surface area contributed by atoms with E-state index in [9.17, 15) is 13.2 Å². The molecule has 0 amide bonds. The highest BCUT2D eigenvalue weighted by atomic mass is 79.9. The molecule has 2 heterocycles. The van der Waals surface area contributed by atoms with Crippen LogP contribution < -0.4 is 4.90 Å². The molecule has 2 rings (SSSR count). The van der Waals surface area contributed by atoms with Gasteiger partial charge in [-0.15, -0.1) is 0 Å². The summed E-state index contributed by atoms with van der Waals surface area (Å²) in [5.74, 6) is -0.0256. The van der Waals surface area contributed by atoms with Crippen molar-refractivity contribution >= 4 is 21.7 Å². The van der Waals surface area contributed by atoms with Gasteiger partial charge >= 0.3 is 6.18 Å². The van der Waals surface area contributed by atoms with Gasteiger partial charge in [0.15, 0.2) is 0 Å². The minimum absolute atomic E-state index is 0.0256. The molecule has 0 aromatic carbocycles. The van der Waals surface area contributed by atoms with Crippen LogP contribution in [-0.4, -0.2) is 35.1 Å². The van der Waals surface area contributed by atoms with Gasteiger partial charge in [0.2, 0.25) is 0 Å². The highest BCUT2D eigenvalue weighted by Gasteiger charge is 2.39. The Bertz CT molecular complexity index is 479. The number of pyridine rings is 1. The highest BCUT2D eigenvalue weighted by molar-refractivity contribution is 9.09. The van der Waals surface area contributed by atoms with Gasteiger partial charge in [-0.2, -0.15) is 13.2 Å². The van der Waals surface area contributed by atoms with Crippen LogP contribution in [-0.2, 0) is 10.9 Å². The second-order valence-corrected chi connectivity index (χ2v) is 6.05. The molecule has 112 valence electrons. The summed E-state index contributed by atoms with van der Waals surface area (Å²) in [6, 6.07) is 2.37. The molecule has 1 aromatic rings. The first-order valence-electron chi connectivity index (χ1n) is 6.24. The minimum Gasteiger partial charge on any atom is -0.368 e. The zero-order valence-electron chi connectivity index (χ0n) is 11.2. The van der Waals surface area contributed by atoms with E-state index in [0.29, 0.717) is 18.4 Å². The van der Waals surface area contributed by atoms with Gasteiger partial charge in [0.05, 0.1) is 17.3 Å². The molecule has 1 aromatic heterocycles. The van der Waals surface area contributed by atoms with E-state index < -0.39 is 17.3 Å². The molecule has 0 N–H and O–H groups in total. The molecule has 1 aliphatic heterocycles. The predicted molar refractivity (Wildman–Crippen MR) is 74.2 cm³/mol. The largest absolute Gasteiger partial charge is 0.419 e. The van der Waals surface area contributed by atoms with E-state index in [1.165, 1.54) is 12.3 Å². The fourth-order valence-corrected chi connectivity index (χ4v) is 2.74. The van der Waals surface area contributed by atoms with E-state index >= 15 is 0 Å². The number of nitrogens with zero attached hydrogens (tertiary/aromatic N) is 2. The van der Waals surface area contributed by atoms with Crippen molar-refractivity contribution in [3.05, 3.63) is 23.9 Å². The average molecular weight is 353 g/mol. The van der Waals surface area contributed by atoms with E-state index in [-0.39, 0.29) is 11.9 Å². The molecule has 3 nitrogen and oxygen atoms in total. The zero-order valence-corrected chi connectivity index (χ0v) is 12.8. The molecule has 1 unspecified atom stereocenters. The summed E-state index contributed by atoms with van der Waals surface area (Å²) in [4.78, 5) is 5.59. The summed E-state index contributed by atoms with van der Waals surface area (Å²) in [6.07, 6.45) is -3.19. The third kappa shape index (κ3) is 3.44. The number of ether oxygens (including phenoxy) is 1. The van der Waals surface area contributed by atoms with Crippen molar-refractivity contribution in [3.63, 3.8) is 0 Å². The standard InChI is InChI=1S/C13H16BrF3N2O/c1-12(2)8-19(7-9(6-14)20-12)11-10(13(15,16)17)4-3-5-18-11/h3-5,9H,6-8H2,1-2H3. The fourth-order valence-electron chi connectivity index (χ4n) is 2.41. The summed E-state index contributed by atoms with van der Waals surface area (Å²) in [6.45, 7) is 4.49. The summed E-state index contributed by atoms with van der Waals surface area (Å²) >= 11 is 3.33. The molecule has 1 saturated heterocycles. The van der Waals surface area contributed by atoms with E-state index in [4.69, 9.17) is 4.74 Å². The van der Waals surface area contributed by atoms with Crippen LogP contribution in [0.25, 0.3) is 0 Å². The van der Waals surface area contributed by atoms with Crippen LogP contribution in [0.5, 0.6) is 0 Å². The van der Waals surface area contributed by atoms with Crippen LogP contribution in [0.2, 0.25) is 0 Å². The van der Waals surface area contributed by atoms with Gasteiger partial charge < -0.3 is 9.64 Å². The van der Waals surface area contributed by atoms with Crippen molar-refractivity contribution in [3.8, 4) is 0 Å². The van der Waals surface area contributed by atoms with Crippen LogP contribution >= 0.6 is 15.9 Å². The Labute approximate surface area is 124 Å². The molecule has 1 fully saturated rings. The van der Waals surface area contributed by atoms with Gasteiger partial charge in [-0.1, -0.05) is 15.9 Å². The maximum Gasteiger partial charge on any atom is 0.419 e. The molecule has 0 saturated carbocycles. The Morgan fingerprint density at radius 1 is 1.50 bits per heavy atom. The number of rotatable bonds is 2. The first-order valence-corrected chi connectivity index (χ1v) is 7.36. The third-order valence-corrected chi connectivity index (χ3v) is 3.77. The monoisotopic (exact) mass is 352 g/mol. The van der Waals surface area contributed by atoms with Crippen molar-refractivity contribution in [2.24, 2.45) is 0 Å². The maximum atomic E-state index is 13.1. The number of aromatic nitrogens is 1. The molecule has 1 aliphatic rings. The van der Waals surface area contributed by atoms with E-state index in [0.717, 1.165) is 6.07 Å². The smallest absolute Gasteiger partial charge is 0.368 e. The van der Waals surface area contributed by atoms with Crippen molar-refractivity contribution in [1.29, 1.82) is 0 Å². The van der Waals surface area contributed by atoms with Crippen LogP contribution in [0.3, 0.4) is 0 Å². The lowest BCUT2D eigenvalue weighted by Crippen LogP contribution is -2.54. The first kappa shape index (κ1) is 15.6. The molecule has 1 atom stereocenters. The molecule has 0 bridgehead atoms. The molecular formula is C13H16BrF3N2O. The average Bonchev–Trinajstić information content (AvgIpc) is 2.35. The van der Waals surface area contributed by atoms with Crippen molar-refractivity contribution in [1.82, 2.24) is 4.98 Å². The number of hydrogen-bond acceptors (Lipinski definition) is 3. The number of hydrogen-bond donors (Lipinski definition) is 0. The van der Waals surface area contributed by atoms with Gasteiger partial charge in [0.1, 0.15) is 5.82 Å². The van der Waals surface area contributed by atoms with Crippen molar-refractivity contribution in [2.45, 2.75) is 31.7 Å². The Morgan fingerprint density at radius 3 is 2.80 bits per heavy atom. The highest BCUT2D eigenvalue weighted by Crippen LogP contribution is 2.37. The lowest BCUT2D eigenvalue weighted by Gasteiger charge is -2.43. The van der Waals surface area contributed by atoms with Gasteiger partial charge in [-0.05, 0) is 26.0 Å². The van der Waals surface area contributed by atoms with Gasteiger partial charge in [-0.3, -0.25) is 0 Å². The lowest BCUT2D eigenvalue weighted by molar-refractivity contribution is -0.137. The summed E-state index contributed by atoms with van der Waals surface area (Å²) in [5.41, 5.74) is -1.22. The lowest BCUT2D eigenvalue weighted by atomic mass is 10.0. The van der Waals surface area contributed by atoms with Crippen molar-refractivity contribution in [2.75, 3.05) is 23.3 Å². The Hall–Kier alpha value is -0.820. The summed E-state index contributed by atoms with van der Waals surface area (Å²) in [5, 5.41) is 0.571. The topological polar surface area (TPSA) is 25.4 Å².